The van der Waals surface area contributed by atoms with E-state index >= 15 is 0 Å². The second kappa shape index (κ2) is 7.53. The molecule has 1 atom stereocenters. The molecule has 2 aromatic carbocycles. The number of thioether (sulfide) groups is 1. The number of nitrogens with zero attached hydrogens (tertiary/aromatic N) is 3. The molecule has 3 rings (SSSR count). The van der Waals surface area contributed by atoms with Gasteiger partial charge in [0.1, 0.15) is 5.82 Å². The van der Waals surface area contributed by atoms with Crippen LogP contribution in [0.5, 0.6) is 0 Å². The quantitative estimate of drug-likeness (QED) is 0.537. The van der Waals surface area contributed by atoms with Gasteiger partial charge in [-0.25, -0.2) is 0 Å². The molecule has 0 radical (unpaired) electrons. The van der Waals surface area contributed by atoms with Gasteiger partial charge in [0.25, 0.3) is 0 Å². The third-order valence-corrected chi connectivity index (χ3v) is 4.96. The Morgan fingerprint density at radius 3 is 2.80 bits per heavy atom. The third-order valence-electron chi connectivity index (χ3n) is 3.88. The fourth-order valence-corrected chi connectivity index (χ4v) is 3.41. The van der Waals surface area contributed by atoms with Gasteiger partial charge in [-0.1, -0.05) is 48.2 Å². The highest BCUT2D eigenvalue weighted by Crippen LogP contribution is 2.24. The van der Waals surface area contributed by atoms with E-state index in [0.717, 1.165) is 27.4 Å². The predicted octanol–water partition coefficient (Wildman–Crippen LogP) is 4.05. The molecule has 0 fully saturated rings. The first-order valence-electron chi connectivity index (χ1n) is 8.05. The zero-order valence-corrected chi connectivity index (χ0v) is 15.1. The first kappa shape index (κ1) is 17.2. The van der Waals surface area contributed by atoms with Crippen molar-refractivity contribution >= 4 is 34.1 Å². The van der Waals surface area contributed by atoms with Gasteiger partial charge in [-0.2, -0.15) is 0 Å². The summed E-state index contributed by atoms with van der Waals surface area (Å²) in [5.74, 6) is 0.746. The second-order valence-electron chi connectivity index (χ2n) is 5.74. The maximum Gasteiger partial charge on any atom is 0.237 e. The van der Waals surface area contributed by atoms with E-state index in [9.17, 15) is 4.79 Å². The fourth-order valence-electron chi connectivity index (χ4n) is 2.51. The average Bonchev–Trinajstić information content (AvgIpc) is 2.95. The van der Waals surface area contributed by atoms with E-state index in [0.29, 0.717) is 6.54 Å². The lowest BCUT2D eigenvalue weighted by Crippen LogP contribution is -2.23. The smallest absolute Gasteiger partial charge is 0.237 e. The van der Waals surface area contributed by atoms with Crippen LogP contribution in [0.4, 0.5) is 5.69 Å². The number of carbonyl (C=O) groups excluding carboxylic acids is 1. The van der Waals surface area contributed by atoms with Gasteiger partial charge in [0.05, 0.1) is 5.25 Å². The van der Waals surface area contributed by atoms with Gasteiger partial charge in [-0.3, -0.25) is 4.79 Å². The molecular weight excluding hydrogens is 332 g/mol. The van der Waals surface area contributed by atoms with Gasteiger partial charge in [0.2, 0.25) is 5.91 Å². The maximum atomic E-state index is 12.5. The van der Waals surface area contributed by atoms with Crippen LogP contribution in [0.3, 0.4) is 0 Å². The number of hydrogen-bond acceptors (Lipinski definition) is 4. The minimum Gasteiger partial charge on any atom is -0.325 e. The predicted molar refractivity (Wildman–Crippen MR) is 103 cm³/mol. The van der Waals surface area contributed by atoms with Crippen molar-refractivity contribution in [3.8, 4) is 0 Å². The van der Waals surface area contributed by atoms with Gasteiger partial charge in [-0.15, -0.1) is 16.8 Å². The molecule has 25 heavy (non-hydrogen) atoms. The van der Waals surface area contributed by atoms with Crippen LogP contribution in [0.15, 0.2) is 60.3 Å². The molecule has 6 heteroatoms. The van der Waals surface area contributed by atoms with E-state index in [4.69, 9.17) is 0 Å². The van der Waals surface area contributed by atoms with Crippen LogP contribution in [0.1, 0.15) is 12.7 Å². The van der Waals surface area contributed by atoms with Crippen molar-refractivity contribution in [2.75, 3.05) is 5.32 Å². The first-order chi connectivity index (χ1) is 12.1. The highest BCUT2D eigenvalue weighted by Gasteiger charge is 2.19. The Kier molecular flexibility index (Phi) is 5.19. The number of fused-ring (bicyclic) bond motifs is 1. The molecule has 1 amide bonds. The van der Waals surface area contributed by atoms with Gasteiger partial charge >= 0.3 is 0 Å². The summed E-state index contributed by atoms with van der Waals surface area (Å²) in [7, 11) is 0. The Labute approximate surface area is 151 Å². The van der Waals surface area contributed by atoms with Gasteiger partial charge < -0.3 is 9.88 Å². The Balaban J connectivity index is 1.70. The van der Waals surface area contributed by atoms with Crippen molar-refractivity contribution in [2.45, 2.75) is 30.8 Å². The normalized spacial score (nSPS) is 12.1. The molecule has 0 aliphatic heterocycles. The summed E-state index contributed by atoms with van der Waals surface area (Å²) < 4.78 is 1.94. The summed E-state index contributed by atoms with van der Waals surface area (Å²) in [5.41, 5.74) is 0.792. The summed E-state index contributed by atoms with van der Waals surface area (Å²) in [6.07, 6.45) is 1.79. The van der Waals surface area contributed by atoms with Crippen molar-refractivity contribution in [1.29, 1.82) is 0 Å². The number of amides is 1. The number of aryl methyl sites for hydroxylation is 1. The second-order valence-corrected chi connectivity index (χ2v) is 7.05. The van der Waals surface area contributed by atoms with Crippen LogP contribution < -0.4 is 5.32 Å². The maximum absolute atomic E-state index is 12.5. The van der Waals surface area contributed by atoms with Crippen molar-refractivity contribution in [3.05, 3.63) is 60.9 Å². The highest BCUT2D eigenvalue weighted by atomic mass is 32.2. The lowest BCUT2D eigenvalue weighted by atomic mass is 10.1. The molecule has 1 aromatic heterocycles. The SMILES string of the molecule is C=CCn1c(C)nnc1S[C@@H](C)C(=O)Nc1ccc2ccccc2c1. The molecule has 1 heterocycles. The molecule has 3 aromatic rings. The number of hydrogen-bond donors (Lipinski definition) is 1. The van der Waals surface area contributed by atoms with E-state index < -0.39 is 0 Å². The van der Waals surface area contributed by atoms with E-state index in [1.807, 2.05) is 60.9 Å². The molecule has 0 unspecified atom stereocenters. The molecule has 0 bridgehead atoms. The van der Waals surface area contributed by atoms with Crippen molar-refractivity contribution < 1.29 is 4.79 Å². The Morgan fingerprint density at radius 1 is 1.28 bits per heavy atom. The standard InChI is InChI=1S/C19H20N4OS/c1-4-11-23-14(3)21-22-19(23)25-13(2)18(24)20-17-10-9-15-7-5-6-8-16(15)12-17/h4-10,12-13H,1,11H2,2-3H3,(H,20,24)/t13-/m0/s1. The highest BCUT2D eigenvalue weighted by molar-refractivity contribution is 8.00. The van der Waals surface area contributed by atoms with Crippen molar-refractivity contribution in [2.24, 2.45) is 0 Å². The van der Waals surface area contributed by atoms with E-state index in [-0.39, 0.29) is 11.2 Å². The summed E-state index contributed by atoms with van der Waals surface area (Å²) in [4.78, 5) is 12.5. The molecule has 0 saturated carbocycles. The third kappa shape index (κ3) is 3.91. The number of carbonyl (C=O) groups is 1. The number of anilines is 1. The van der Waals surface area contributed by atoms with Crippen molar-refractivity contribution in [1.82, 2.24) is 14.8 Å². The summed E-state index contributed by atoms with van der Waals surface area (Å²) in [5, 5.41) is 13.9. The summed E-state index contributed by atoms with van der Waals surface area (Å²) in [6, 6.07) is 14.0. The molecule has 0 aliphatic carbocycles. The molecule has 128 valence electrons. The van der Waals surface area contributed by atoms with E-state index in [1.54, 1.807) is 6.08 Å². The Hall–Kier alpha value is -2.60. The Morgan fingerprint density at radius 2 is 2.04 bits per heavy atom. The van der Waals surface area contributed by atoms with Crippen LogP contribution in [0, 0.1) is 6.92 Å². The van der Waals surface area contributed by atoms with Crippen LogP contribution in [0.25, 0.3) is 10.8 Å². The first-order valence-corrected chi connectivity index (χ1v) is 8.93. The van der Waals surface area contributed by atoms with E-state index in [2.05, 4.69) is 22.1 Å². The average molecular weight is 352 g/mol. The lowest BCUT2D eigenvalue weighted by Gasteiger charge is -2.13. The molecule has 0 spiro atoms. The van der Waals surface area contributed by atoms with Gasteiger partial charge in [0, 0.05) is 12.2 Å². The van der Waals surface area contributed by atoms with Crippen LogP contribution in [-0.4, -0.2) is 25.9 Å². The topological polar surface area (TPSA) is 59.8 Å². The van der Waals surface area contributed by atoms with Crippen LogP contribution >= 0.6 is 11.8 Å². The summed E-state index contributed by atoms with van der Waals surface area (Å²) >= 11 is 1.39. The number of benzene rings is 2. The molecule has 5 nitrogen and oxygen atoms in total. The minimum atomic E-state index is -0.293. The van der Waals surface area contributed by atoms with Crippen LogP contribution in [-0.2, 0) is 11.3 Å². The molecule has 0 saturated heterocycles. The molecular formula is C19H20N4OS. The largest absolute Gasteiger partial charge is 0.325 e. The monoisotopic (exact) mass is 352 g/mol. The number of allylic oxidation sites excluding steroid dienone is 1. The fraction of sp³-hybridized carbons (Fsp3) is 0.211. The number of nitrogens with one attached hydrogen (secondary N) is 1. The molecule has 1 N–H and O–H groups in total. The lowest BCUT2D eigenvalue weighted by molar-refractivity contribution is -0.115. The zero-order valence-electron chi connectivity index (χ0n) is 14.3. The minimum absolute atomic E-state index is 0.0638. The van der Waals surface area contributed by atoms with Gasteiger partial charge in [-0.05, 0) is 36.8 Å². The summed E-state index contributed by atoms with van der Waals surface area (Å²) in [6.45, 7) is 8.13. The van der Waals surface area contributed by atoms with E-state index in [1.165, 1.54) is 11.8 Å². The molecule has 0 aliphatic rings. The number of aromatic nitrogens is 3. The number of rotatable bonds is 6. The van der Waals surface area contributed by atoms with Crippen LogP contribution in [0.2, 0.25) is 0 Å². The Bertz CT molecular complexity index is 919. The zero-order chi connectivity index (χ0) is 17.8. The van der Waals surface area contributed by atoms with Gasteiger partial charge in [0.15, 0.2) is 5.16 Å². The van der Waals surface area contributed by atoms with Crippen molar-refractivity contribution in [3.63, 3.8) is 0 Å².